The molecule has 0 aliphatic heterocycles. The van der Waals surface area contributed by atoms with Crippen molar-refractivity contribution in [1.82, 2.24) is 5.06 Å². The number of benzene rings is 1. The van der Waals surface area contributed by atoms with E-state index in [1.807, 2.05) is 0 Å². The van der Waals surface area contributed by atoms with Crippen molar-refractivity contribution in [1.29, 1.82) is 0 Å². The first-order valence-corrected chi connectivity index (χ1v) is 7.90. The van der Waals surface area contributed by atoms with Gasteiger partial charge in [0, 0.05) is 0 Å². The van der Waals surface area contributed by atoms with Gasteiger partial charge in [-0.15, -0.1) is 0 Å². The van der Waals surface area contributed by atoms with E-state index >= 15 is 0 Å². The Morgan fingerprint density at radius 1 is 1.08 bits per heavy atom. The quantitative estimate of drug-likeness (QED) is 0.115. The second kappa shape index (κ2) is 8.43. The van der Waals surface area contributed by atoms with Gasteiger partial charge in [0.05, 0.1) is 12.5 Å². The van der Waals surface area contributed by atoms with Crippen molar-refractivity contribution >= 4 is 12.4 Å². The fourth-order valence-electron chi connectivity index (χ4n) is 3.02. The SMILES string of the molecule is O=CN(O)CC(CC1CCCC1)C(=O)Oc1c(F)c(F)c(F)c(F)c1F. The molecule has 0 bridgehead atoms. The molecule has 1 N–H and O–H groups in total. The van der Waals surface area contributed by atoms with E-state index in [1.165, 1.54) is 0 Å². The lowest BCUT2D eigenvalue weighted by Crippen LogP contribution is -2.34. The summed E-state index contributed by atoms with van der Waals surface area (Å²) >= 11 is 0. The molecule has 26 heavy (non-hydrogen) atoms. The van der Waals surface area contributed by atoms with E-state index in [1.54, 1.807) is 0 Å². The van der Waals surface area contributed by atoms with E-state index in [-0.39, 0.29) is 23.8 Å². The first-order valence-electron chi connectivity index (χ1n) is 7.90. The third kappa shape index (κ3) is 4.29. The average Bonchev–Trinajstić information content (AvgIpc) is 3.14. The first kappa shape index (κ1) is 20.1. The summed E-state index contributed by atoms with van der Waals surface area (Å²) in [6.07, 6.45) is 3.55. The Kier molecular flexibility index (Phi) is 6.52. The summed E-state index contributed by atoms with van der Waals surface area (Å²) in [5.74, 6) is -15.5. The van der Waals surface area contributed by atoms with Crippen molar-refractivity contribution in [3.8, 4) is 5.75 Å². The van der Waals surface area contributed by atoms with Crippen LogP contribution in [0.4, 0.5) is 22.0 Å². The number of ether oxygens (including phenoxy) is 1. The molecule has 1 aromatic carbocycles. The fourth-order valence-corrected chi connectivity index (χ4v) is 3.02. The highest BCUT2D eigenvalue weighted by atomic mass is 19.2. The fraction of sp³-hybridized carbons (Fsp3) is 0.500. The number of hydroxylamine groups is 2. The van der Waals surface area contributed by atoms with Crippen LogP contribution in [-0.2, 0) is 9.59 Å². The second-order valence-electron chi connectivity index (χ2n) is 6.13. The molecule has 2 rings (SSSR count). The number of nitrogens with zero attached hydrogens (tertiary/aromatic N) is 1. The van der Waals surface area contributed by atoms with Crippen molar-refractivity contribution in [3.63, 3.8) is 0 Å². The molecule has 0 saturated heterocycles. The molecular formula is C16H16F5NO4. The number of carbonyl (C=O) groups excluding carboxylic acids is 2. The molecular weight excluding hydrogens is 365 g/mol. The van der Waals surface area contributed by atoms with Gasteiger partial charge in [-0.25, -0.2) is 18.2 Å². The summed E-state index contributed by atoms with van der Waals surface area (Å²) in [4.78, 5) is 22.8. The Labute approximate surface area is 145 Å². The Balaban J connectivity index is 2.24. The zero-order valence-corrected chi connectivity index (χ0v) is 13.5. The van der Waals surface area contributed by atoms with Crippen LogP contribution >= 0.6 is 0 Å². The Bertz CT molecular complexity index is 665. The van der Waals surface area contributed by atoms with Crippen LogP contribution in [0.15, 0.2) is 0 Å². The minimum absolute atomic E-state index is 0.0212. The third-order valence-electron chi connectivity index (χ3n) is 4.33. The molecule has 1 aromatic rings. The molecule has 0 spiro atoms. The molecule has 0 radical (unpaired) electrons. The molecule has 1 atom stereocenters. The number of rotatable bonds is 7. The minimum atomic E-state index is -2.37. The van der Waals surface area contributed by atoms with Crippen LogP contribution < -0.4 is 4.74 Å². The van der Waals surface area contributed by atoms with Gasteiger partial charge in [0.15, 0.2) is 0 Å². The van der Waals surface area contributed by atoms with Crippen molar-refractivity contribution in [2.45, 2.75) is 32.1 Å². The summed E-state index contributed by atoms with van der Waals surface area (Å²) < 4.78 is 71.1. The van der Waals surface area contributed by atoms with E-state index in [0.717, 1.165) is 25.7 Å². The summed E-state index contributed by atoms with van der Waals surface area (Å²) in [5.41, 5.74) is 0. The van der Waals surface area contributed by atoms with E-state index in [4.69, 9.17) is 0 Å². The first-order chi connectivity index (χ1) is 12.3. The zero-order chi connectivity index (χ0) is 19.4. The van der Waals surface area contributed by atoms with Crippen LogP contribution in [0.3, 0.4) is 0 Å². The van der Waals surface area contributed by atoms with E-state index < -0.39 is 53.3 Å². The number of hydrogen-bond donors (Lipinski definition) is 1. The zero-order valence-electron chi connectivity index (χ0n) is 13.5. The van der Waals surface area contributed by atoms with Gasteiger partial charge in [-0.3, -0.25) is 14.8 Å². The normalized spacial score (nSPS) is 15.8. The molecule has 1 amide bonds. The predicted octanol–water partition coefficient (Wildman–Crippen LogP) is 3.33. The Morgan fingerprint density at radius 2 is 1.58 bits per heavy atom. The summed E-state index contributed by atoms with van der Waals surface area (Å²) in [7, 11) is 0. The topological polar surface area (TPSA) is 66.8 Å². The third-order valence-corrected chi connectivity index (χ3v) is 4.33. The van der Waals surface area contributed by atoms with Crippen molar-refractivity contribution in [2.75, 3.05) is 6.54 Å². The van der Waals surface area contributed by atoms with Crippen LogP contribution in [0, 0.1) is 40.9 Å². The molecule has 10 heteroatoms. The molecule has 0 aromatic heterocycles. The lowest BCUT2D eigenvalue weighted by atomic mass is 9.93. The molecule has 5 nitrogen and oxygen atoms in total. The molecule has 1 unspecified atom stereocenters. The number of amides is 1. The number of esters is 1. The van der Waals surface area contributed by atoms with E-state index in [0.29, 0.717) is 0 Å². The van der Waals surface area contributed by atoms with Gasteiger partial charge in [-0.1, -0.05) is 25.7 Å². The van der Waals surface area contributed by atoms with Gasteiger partial charge in [-0.05, 0) is 12.3 Å². The van der Waals surface area contributed by atoms with Crippen LogP contribution in [0.5, 0.6) is 5.75 Å². The highest BCUT2D eigenvalue weighted by molar-refractivity contribution is 5.75. The monoisotopic (exact) mass is 381 g/mol. The lowest BCUT2D eigenvalue weighted by molar-refractivity contribution is -0.158. The predicted molar refractivity (Wildman–Crippen MR) is 76.5 cm³/mol. The maximum Gasteiger partial charge on any atom is 0.316 e. The van der Waals surface area contributed by atoms with Crippen LogP contribution in [0.2, 0.25) is 0 Å². The van der Waals surface area contributed by atoms with Crippen molar-refractivity contribution in [2.24, 2.45) is 11.8 Å². The summed E-state index contributed by atoms with van der Waals surface area (Å²) in [5, 5.41) is 9.44. The van der Waals surface area contributed by atoms with Crippen LogP contribution in [0.25, 0.3) is 0 Å². The number of halogens is 5. The summed E-state index contributed by atoms with van der Waals surface area (Å²) in [6, 6.07) is 0. The molecule has 1 fully saturated rings. The van der Waals surface area contributed by atoms with E-state index in [9.17, 15) is 36.7 Å². The van der Waals surface area contributed by atoms with Gasteiger partial charge >= 0.3 is 5.97 Å². The van der Waals surface area contributed by atoms with Gasteiger partial charge < -0.3 is 4.74 Å². The van der Waals surface area contributed by atoms with E-state index in [2.05, 4.69) is 4.74 Å². The van der Waals surface area contributed by atoms with Crippen molar-refractivity contribution in [3.05, 3.63) is 29.1 Å². The molecule has 1 saturated carbocycles. The minimum Gasteiger partial charge on any atom is -0.420 e. The maximum atomic E-state index is 13.6. The highest BCUT2D eigenvalue weighted by Gasteiger charge is 2.33. The Morgan fingerprint density at radius 3 is 2.08 bits per heavy atom. The Hall–Kier alpha value is -2.23. The van der Waals surface area contributed by atoms with Gasteiger partial charge in [0.2, 0.25) is 41.2 Å². The standard InChI is InChI=1S/C16H16F5NO4/c17-10-11(18)13(20)15(14(21)12(10)19)26-16(24)9(6-22(25)7-23)5-8-3-1-2-4-8/h7-9,25H,1-6H2. The van der Waals surface area contributed by atoms with Gasteiger partial charge in [-0.2, -0.15) is 8.78 Å². The van der Waals surface area contributed by atoms with Crippen LogP contribution in [0.1, 0.15) is 32.1 Å². The van der Waals surface area contributed by atoms with Gasteiger partial charge in [0.1, 0.15) is 0 Å². The number of carbonyl (C=O) groups is 2. The molecule has 144 valence electrons. The maximum absolute atomic E-state index is 13.6. The highest BCUT2D eigenvalue weighted by Crippen LogP contribution is 2.33. The number of hydrogen-bond acceptors (Lipinski definition) is 4. The summed E-state index contributed by atoms with van der Waals surface area (Å²) in [6.45, 7) is -0.534. The average molecular weight is 381 g/mol. The van der Waals surface area contributed by atoms with Crippen LogP contribution in [-0.4, -0.2) is 29.2 Å². The molecule has 0 heterocycles. The smallest absolute Gasteiger partial charge is 0.316 e. The molecule has 1 aliphatic rings. The largest absolute Gasteiger partial charge is 0.420 e. The van der Waals surface area contributed by atoms with Gasteiger partial charge in [0.25, 0.3) is 0 Å². The molecule has 1 aliphatic carbocycles. The lowest BCUT2D eigenvalue weighted by Gasteiger charge is -2.21. The van der Waals surface area contributed by atoms with Crippen molar-refractivity contribution < 1.29 is 41.5 Å². The second-order valence-corrected chi connectivity index (χ2v) is 6.13.